The highest BCUT2D eigenvalue weighted by Crippen LogP contribution is 2.45. The standard InChI is InChI=1S/C24H30N4O3S/c1-4-19-21(23(30)31-3)22(16-8-6-5-7-9-16)28-18(15-32-24(28)26-19)14-20(29)25-17-10-12-27(2)13-11-17/h5-9,15,17,22H,4,10-14H2,1-3H3,(H,25,29)/t22-/m0/s1. The molecular weight excluding hydrogens is 424 g/mol. The highest BCUT2D eigenvalue weighted by molar-refractivity contribution is 8.16. The van der Waals surface area contributed by atoms with Gasteiger partial charge in [-0.2, -0.15) is 0 Å². The van der Waals surface area contributed by atoms with Gasteiger partial charge in [-0.1, -0.05) is 49.0 Å². The Morgan fingerprint density at radius 1 is 1.22 bits per heavy atom. The molecule has 1 aromatic carbocycles. The maximum atomic E-state index is 12.9. The molecule has 1 N–H and O–H groups in total. The minimum absolute atomic E-state index is 0.00403. The van der Waals surface area contributed by atoms with Gasteiger partial charge in [0.25, 0.3) is 0 Å². The van der Waals surface area contributed by atoms with Crippen molar-refractivity contribution in [2.45, 2.75) is 44.7 Å². The molecule has 0 aromatic heterocycles. The molecule has 8 heteroatoms. The third kappa shape index (κ3) is 4.61. The van der Waals surface area contributed by atoms with Crippen LogP contribution < -0.4 is 5.32 Å². The second-order valence-electron chi connectivity index (χ2n) is 8.33. The van der Waals surface area contributed by atoms with E-state index in [9.17, 15) is 9.59 Å². The summed E-state index contributed by atoms with van der Waals surface area (Å²) in [4.78, 5) is 34.8. The number of thioether (sulfide) groups is 1. The molecule has 0 unspecified atom stereocenters. The minimum atomic E-state index is -0.384. The van der Waals surface area contributed by atoms with Gasteiger partial charge in [-0.15, -0.1) is 0 Å². The van der Waals surface area contributed by atoms with Crippen molar-refractivity contribution in [3.63, 3.8) is 0 Å². The lowest BCUT2D eigenvalue weighted by Gasteiger charge is -2.36. The fraction of sp³-hybridized carbons (Fsp3) is 0.458. The summed E-state index contributed by atoms with van der Waals surface area (Å²) in [5, 5.41) is 5.97. The van der Waals surface area contributed by atoms with Gasteiger partial charge in [-0.25, -0.2) is 9.79 Å². The second kappa shape index (κ2) is 9.92. The van der Waals surface area contributed by atoms with Gasteiger partial charge in [-0.05, 0) is 50.4 Å². The van der Waals surface area contributed by atoms with Crippen LogP contribution in [0.5, 0.6) is 0 Å². The molecule has 0 aliphatic carbocycles. The molecule has 1 fully saturated rings. The van der Waals surface area contributed by atoms with E-state index < -0.39 is 0 Å². The summed E-state index contributed by atoms with van der Waals surface area (Å²) in [6, 6.07) is 9.72. The first kappa shape index (κ1) is 22.6. The number of aliphatic imine (C=N–C) groups is 1. The van der Waals surface area contributed by atoms with E-state index >= 15 is 0 Å². The Hall–Kier alpha value is -2.58. The predicted octanol–water partition coefficient (Wildman–Crippen LogP) is 3.43. The number of fused-ring (bicyclic) bond motifs is 1. The van der Waals surface area contributed by atoms with Crippen LogP contribution in [0.1, 0.15) is 44.2 Å². The molecule has 0 saturated carbocycles. The molecule has 0 bridgehead atoms. The van der Waals surface area contributed by atoms with E-state index in [1.54, 1.807) is 0 Å². The number of nitrogens with zero attached hydrogens (tertiary/aromatic N) is 3. The number of rotatable bonds is 6. The number of carbonyl (C=O) groups is 2. The average molecular weight is 455 g/mol. The average Bonchev–Trinajstić information content (AvgIpc) is 3.21. The number of benzene rings is 1. The largest absolute Gasteiger partial charge is 0.466 e. The third-order valence-corrected chi connectivity index (χ3v) is 7.06. The molecule has 0 radical (unpaired) electrons. The van der Waals surface area contributed by atoms with Gasteiger partial charge in [0.15, 0.2) is 5.17 Å². The zero-order chi connectivity index (χ0) is 22.7. The number of methoxy groups -OCH3 is 1. The van der Waals surface area contributed by atoms with E-state index in [1.165, 1.54) is 18.9 Å². The number of hydrogen-bond donors (Lipinski definition) is 1. The van der Waals surface area contributed by atoms with Gasteiger partial charge in [0.1, 0.15) is 0 Å². The Kier molecular flexibility index (Phi) is 7.01. The van der Waals surface area contributed by atoms with E-state index in [0.717, 1.165) is 48.1 Å². The molecule has 1 saturated heterocycles. The quantitative estimate of drug-likeness (QED) is 0.664. The van der Waals surface area contributed by atoms with Crippen molar-refractivity contribution in [2.75, 3.05) is 27.2 Å². The summed E-state index contributed by atoms with van der Waals surface area (Å²) in [6.45, 7) is 3.98. The molecule has 32 heavy (non-hydrogen) atoms. The highest BCUT2D eigenvalue weighted by Gasteiger charge is 2.41. The van der Waals surface area contributed by atoms with Crippen molar-refractivity contribution >= 4 is 28.8 Å². The first-order valence-corrected chi connectivity index (χ1v) is 12.0. The fourth-order valence-electron chi connectivity index (χ4n) is 4.46. The number of ether oxygens (including phenoxy) is 1. The van der Waals surface area contributed by atoms with E-state index in [-0.39, 0.29) is 30.4 Å². The summed E-state index contributed by atoms with van der Waals surface area (Å²) >= 11 is 1.50. The van der Waals surface area contributed by atoms with Gasteiger partial charge < -0.3 is 19.9 Å². The van der Waals surface area contributed by atoms with E-state index in [0.29, 0.717) is 12.0 Å². The van der Waals surface area contributed by atoms with Crippen LogP contribution in [0.3, 0.4) is 0 Å². The normalized spacial score (nSPS) is 21.7. The zero-order valence-corrected chi connectivity index (χ0v) is 19.7. The van der Waals surface area contributed by atoms with Crippen LogP contribution in [0.2, 0.25) is 0 Å². The SMILES string of the molecule is CCC1=C(C(=O)OC)[C@H](c2ccccc2)N2C(CC(=O)NC3CCN(C)CC3)=CSC2=N1. The number of piperidine rings is 1. The molecule has 1 amide bonds. The summed E-state index contributed by atoms with van der Waals surface area (Å²) in [5.74, 6) is -0.380. The molecule has 170 valence electrons. The molecule has 3 heterocycles. The first-order chi connectivity index (χ1) is 15.5. The lowest BCUT2D eigenvalue weighted by molar-refractivity contribution is -0.136. The van der Waals surface area contributed by atoms with Crippen LogP contribution >= 0.6 is 11.8 Å². The fourth-order valence-corrected chi connectivity index (χ4v) is 5.40. The van der Waals surface area contributed by atoms with Crippen LogP contribution in [0.25, 0.3) is 0 Å². The maximum absolute atomic E-state index is 12.9. The molecule has 0 spiro atoms. The lowest BCUT2D eigenvalue weighted by atomic mass is 9.93. The van der Waals surface area contributed by atoms with Crippen molar-refractivity contribution in [2.24, 2.45) is 4.99 Å². The van der Waals surface area contributed by atoms with Gasteiger partial charge in [0, 0.05) is 11.7 Å². The Morgan fingerprint density at radius 2 is 1.94 bits per heavy atom. The zero-order valence-electron chi connectivity index (χ0n) is 18.8. The number of amides is 1. The predicted molar refractivity (Wildman–Crippen MR) is 127 cm³/mol. The number of esters is 1. The number of nitrogens with one attached hydrogen (secondary N) is 1. The van der Waals surface area contributed by atoms with Gasteiger partial charge in [0.05, 0.1) is 30.8 Å². The molecule has 3 aliphatic heterocycles. The van der Waals surface area contributed by atoms with Crippen molar-refractivity contribution in [3.8, 4) is 0 Å². The van der Waals surface area contributed by atoms with Crippen LogP contribution in [0, 0.1) is 0 Å². The number of allylic oxidation sites excluding steroid dienone is 1. The molecule has 1 aromatic rings. The molecule has 7 nitrogen and oxygen atoms in total. The molecule has 4 rings (SSSR count). The molecule has 1 atom stereocenters. The Labute approximate surface area is 193 Å². The van der Waals surface area contributed by atoms with Crippen LogP contribution in [-0.4, -0.2) is 60.1 Å². The van der Waals surface area contributed by atoms with Crippen molar-refractivity contribution in [1.82, 2.24) is 15.1 Å². The summed E-state index contributed by atoms with van der Waals surface area (Å²) in [7, 11) is 3.50. The van der Waals surface area contributed by atoms with Gasteiger partial charge in [-0.3, -0.25) is 4.79 Å². The summed E-state index contributed by atoms with van der Waals surface area (Å²) < 4.78 is 5.15. The Balaban J connectivity index is 1.60. The lowest BCUT2D eigenvalue weighted by Crippen LogP contribution is -2.44. The van der Waals surface area contributed by atoms with Crippen LogP contribution in [0.15, 0.2) is 57.7 Å². The Bertz CT molecular complexity index is 965. The second-order valence-corrected chi connectivity index (χ2v) is 9.17. The summed E-state index contributed by atoms with van der Waals surface area (Å²) in [6.07, 6.45) is 2.80. The monoisotopic (exact) mass is 454 g/mol. The number of likely N-dealkylation sites (tertiary alicyclic amines) is 1. The van der Waals surface area contributed by atoms with Gasteiger partial charge in [0.2, 0.25) is 5.91 Å². The Morgan fingerprint density at radius 3 is 2.59 bits per heavy atom. The summed E-state index contributed by atoms with van der Waals surface area (Å²) in [5.41, 5.74) is 3.09. The van der Waals surface area contributed by atoms with Crippen LogP contribution in [0.4, 0.5) is 0 Å². The first-order valence-electron chi connectivity index (χ1n) is 11.1. The van der Waals surface area contributed by atoms with E-state index in [4.69, 9.17) is 9.73 Å². The smallest absolute Gasteiger partial charge is 0.338 e. The maximum Gasteiger partial charge on any atom is 0.338 e. The molecular formula is C24H30N4O3S. The van der Waals surface area contributed by atoms with E-state index in [2.05, 4.69) is 17.3 Å². The topological polar surface area (TPSA) is 74.2 Å². The highest BCUT2D eigenvalue weighted by atomic mass is 32.2. The minimum Gasteiger partial charge on any atom is -0.466 e. The van der Waals surface area contributed by atoms with Crippen molar-refractivity contribution in [1.29, 1.82) is 0 Å². The molecule has 3 aliphatic rings. The van der Waals surface area contributed by atoms with Gasteiger partial charge >= 0.3 is 5.97 Å². The van der Waals surface area contributed by atoms with Crippen LogP contribution in [-0.2, 0) is 14.3 Å². The van der Waals surface area contributed by atoms with Crippen molar-refractivity contribution < 1.29 is 14.3 Å². The van der Waals surface area contributed by atoms with Crippen molar-refractivity contribution in [3.05, 3.63) is 58.3 Å². The third-order valence-electron chi connectivity index (χ3n) is 6.17. The number of carbonyl (C=O) groups excluding carboxylic acids is 2. The van der Waals surface area contributed by atoms with E-state index in [1.807, 2.05) is 47.6 Å². The number of hydrogen-bond acceptors (Lipinski definition) is 7. The number of amidine groups is 1.